The third-order valence-electron chi connectivity index (χ3n) is 7.02. The summed E-state index contributed by atoms with van der Waals surface area (Å²) in [7, 11) is 0. The van der Waals surface area contributed by atoms with Crippen molar-refractivity contribution in [1.82, 2.24) is 30.0 Å². The number of pyridine rings is 3. The number of piperidine rings is 1. The summed E-state index contributed by atoms with van der Waals surface area (Å²) in [5.41, 5.74) is 7.55. The summed E-state index contributed by atoms with van der Waals surface area (Å²) in [6.45, 7) is 6.66. The van der Waals surface area contributed by atoms with Gasteiger partial charge in [0.2, 0.25) is 0 Å². The van der Waals surface area contributed by atoms with Gasteiger partial charge in [0.25, 0.3) is 0 Å². The largest absolute Gasteiger partial charge is 0.369 e. The zero-order chi connectivity index (χ0) is 22.2. The first-order chi connectivity index (χ1) is 16.2. The second-order valence-corrected chi connectivity index (χ2v) is 9.24. The summed E-state index contributed by atoms with van der Waals surface area (Å²) in [5, 5.41) is 7.39. The maximum absolute atomic E-state index is 4.98. The molecule has 2 fully saturated rings. The molecule has 168 valence electrons. The molecule has 6 rings (SSSR count). The number of likely N-dealkylation sites (tertiary alicyclic amines) is 1. The number of hydrogen-bond donors (Lipinski definition) is 1. The lowest BCUT2D eigenvalue weighted by Crippen LogP contribution is -2.40. The smallest absolute Gasteiger partial charge is 0.0928 e. The average molecular weight is 440 g/mol. The molecule has 6 heterocycles. The molecular formula is C26H29N7. The number of aryl methyl sites for hydroxylation is 1. The SMILES string of the molecule is Cc1cccc(-c2[nH]ncc2-c2ccc3ncc(N4CC[C@@H](N5CCCCC5)C4)cc3n2)n1. The monoisotopic (exact) mass is 439 g/mol. The molecule has 2 saturated heterocycles. The second-order valence-electron chi connectivity index (χ2n) is 9.24. The fourth-order valence-corrected chi connectivity index (χ4v) is 5.23. The highest BCUT2D eigenvalue weighted by molar-refractivity contribution is 5.84. The first-order valence-electron chi connectivity index (χ1n) is 12.0. The maximum Gasteiger partial charge on any atom is 0.0928 e. The van der Waals surface area contributed by atoms with Gasteiger partial charge in [-0.3, -0.25) is 20.0 Å². The van der Waals surface area contributed by atoms with Crippen molar-refractivity contribution in [2.45, 2.75) is 38.6 Å². The van der Waals surface area contributed by atoms with Crippen molar-refractivity contribution < 1.29 is 0 Å². The number of fused-ring (bicyclic) bond motifs is 1. The van der Waals surface area contributed by atoms with E-state index < -0.39 is 0 Å². The molecule has 4 aromatic heterocycles. The van der Waals surface area contributed by atoms with Crippen LogP contribution in [-0.4, -0.2) is 62.3 Å². The van der Waals surface area contributed by atoms with Crippen molar-refractivity contribution in [3.63, 3.8) is 0 Å². The Morgan fingerprint density at radius 3 is 2.70 bits per heavy atom. The summed E-state index contributed by atoms with van der Waals surface area (Å²) in [6, 6.07) is 12.9. The molecule has 1 N–H and O–H groups in total. The summed E-state index contributed by atoms with van der Waals surface area (Å²) in [4.78, 5) is 19.5. The maximum atomic E-state index is 4.98. The van der Waals surface area contributed by atoms with E-state index in [2.05, 4.69) is 31.0 Å². The van der Waals surface area contributed by atoms with Gasteiger partial charge in [-0.05, 0) is 69.6 Å². The standard InChI is InChI=1S/C26H29N7/c1-18-6-5-7-24(29-18)26-21(16-28-31-26)22-8-9-23-25(30-22)14-20(15-27-23)33-13-10-19(17-33)32-11-3-2-4-12-32/h5-9,14-16,19H,2-4,10-13,17H2,1H3,(H,28,31)/t19-/m1/s1. The van der Waals surface area contributed by atoms with E-state index >= 15 is 0 Å². The van der Waals surface area contributed by atoms with Gasteiger partial charge in [0.1, 0.15) is 0 Å². The Labute approximate surface area is 193 Å². The van der Waals surface area contributed by atoms with Gasteiger partial charge in [0.05, 0.1) is 46.2 Å². The van der Waals surface area contributed by atoms with Crippen LogP contribution >= 0.6 is 0 Å². The highest BCUT2D eigenvalue weighted by atomic mass is 15.3. The molecule has 0 saturated carbocycles. The molecule has 0 radical (unpaired) electrons. The van der Waals surface area contributed by atoms with Crippen LogP contribution in [-0.2, 0) is 0 Å². The van der Waals surface area contributed by atoms with Crippen molar-refractivity contribution in [2.75, 3.05) is 31.1 Å². The van der Waals surface area contributed by atoms with Crippen molar-refractivity contribution in [2.24, 2.45) is 0 Å². The Bertz CT molecular complexity index is 1270. The summed E-state index contributed by atoms with van der Waals surface area (Å²) in [6.07, 6.45) is 9.13. The van der Waals surface area contributed by atoms with Crippen molar-refractivity contribution in [3.05, 3.63) is 54.5 Å². The number of nitrogens with zero attached hydrogens (tertiary/aromatic N) is 6. The van der Waals surface area contributed by atoms with Crippen molar-refractivity contribution in [1.29, 1.82) is 0 Å². The zero-order valence-electron chi connectivity index (χ0n) is 19.0. The van der Waals surface area contributed by atoms with E-state index in [0.717, 1.165) is 52.5 Å². The van der Waals surface area contributed by atoms with Crippen LogP contribution in [0.2, 0.25) is 0 Å². The fourth-order valence-electron chi connectivity index (χ4n) is 5.23. The molecule has 0 spiro atoms. The van der Waals surface area contributed by atoms with Gasteiger partial charge in [-0.25, -0.2) is 4.98 Å². The lowest BCUT2D eigenvalue weighted by atomic mass is 10.1. The quantitative estimate of drug-likeness (QED) is 0.506. The topological polar surface area (TPSA) is 73.8 Å². The fraction of sp³-hybridized carbons (Fsp3) is 0.385. The van der Waals surface area contributed by atoms with E-state index in [9.17, 15) is 0 Å². The van der Waals surface area contributed by atoms with Crippen LogP contribution < -0.4 is 4.90 Å². The molecule has 0 unspecified atom stereocenters. The minimum absolute atomic E-state index is 0.663. The van der Waals surface area contributed by atoms with Gasteiger partial charge in [-0.2, -0.15) is 5.10 Å². The minimum Gasteiger partial charge on any atom is -0.369 e. The van der Waals surface area contributed by atoms with Crippen LogP contribution in [0.5, 0.6) is 0 Å². The molecule has 0 amide bonds. The van der Waals surface area contributed by atoms with Gasteiger partial charge >= 0.3 is 0 Å². The predicted octanol–water partition coefficient (Wildman–Crippen LogP) is 4.45. The highest BCUT2D eigenvalue weighted by Crippen LogP contribution is 2.31. The van der Waals surface area contributed by atoms with E-state index in [4.69, 9.17) is 9.97 Å². The van der Waals surface area contributed by atoms with E-state index in [1.807, 2.05) is 49.6 Å². The first kappa shape index (κ1) is 20.3. The summed E-state index contributed by atoms with van der Waals surface area (Å²) < 4.78 is 0. The Morgan fingerprint density at radius 1 is 0.909 bits per heavy atom. The van der Waals surface area contributed by atoms with Crippen LogP contribution in [0.25, 0.3) is 33.7 Å². The number of aromatic nitrogens is 5. The summed E-state index contributed by atoms with van der Waals surface area (Å²) >= 11 is 0. The lowest BCUT2D eigenvalue weighted by Gasteiger charge is -2.32. The molecule has 1 atom stereocenters. The van der Waals surface area contributed by atoms with Crippen LogP contribution in [0, 0.1) is 6.92 Å². The van der Waals surface area contributed by atoms with E-state index in [1.54, 1.807) is 0 Å². The van der Waals surface area contributed by atoms with Crippen molar-refractivity contribution >= 4 is 16.7 Å². The van der Waals surface area contributed by atoms with Gasteiger partial charge in [0.15, 0.2) is 0 Å². The number of hydrogen-bond acceptors (Lipinski definition) is 6. The molecule has 0 aliphatic carbocycles. The molecule has 0 aromatic carbocycles. The van der Waals surface area contributed by atoms with Crippen LogP contribution in [0.3, 0.4) is 0 Å². The Balaban J connectivity index is 1.29. The molecule has 2 aliphatic rings. The summed E-state index contributed by atoms with van der Waals surface area (Å²) in [5.74, 6) is 0. The van der Waals surface area contributed by atoms with Crippen molar-refractivity contribution in [3.8, 4) is 22.6 Å². The number of aromatic amines is 1. The molecule has 0 bridgehead atoms. The third kappa shape index (κ3) is 3.97. The van der Waals surface area contributed by atoms with E-state index in [0.29, 0.717) is 6.04 Å². The first-order valence-corrected chi connectivity index (χ1v) is 12.0. The normalized spacial score (nSPS) is 19.4. The van der Waals surface area contributed by atoms with Gasteiger partial charge < -0.3 is 4.90 Å². The highest BCUT2D eigenvalue weighted by Gasteiger charge is 2.29. The zero-order valence-corrected chi connectivity index (χ0v) is 19.0. The molecular weight excluding hydrogens is 410 g/mol. The third-order valence-corrected chi connectivity index (χ3v) is 7.02. The van der Waals surface area contributed by atoms with E-state index in [1.165, 1.54) is 44.5 Å². The molecule has 33 heavy (non-hydrogen) atoms. The molecule has 2 aliphatic heterocycles. The van der Waals surface area contributed by atoms with Crippen LogP contribution in [0.15, 0.2) is 48.8 Å². The molecule has 4 aromatic rings. The van der Waals surface area contributed by atoms with Gasteiger partial charge in [0, 0.05) is 30.4 Å². The number of nitrogens with one attached hydrogen (secondary N) is 1. The minimum atomic E-state index is 0.663. The van der Waals surface area contributed by atoms with Crippen LogP contribution in [0.1, 0.15) is 31.4 Å². The van der Waals surface area contributed by atoms with Gasteiger partial charge in [-0.1, -0.05) is 12.5 Å². The predicted molar refractivity (Wildman–Crippen MR) is 131 cm³/mol. The Morgan fingerprint density at radius 2 is 1.82 bits per heavy atom. The number of rotatable bonds is 4. The number of H-pyrrole nitrogens is 1. The number of anilines is 1. The Hall–Kier alpha value is -3.32. The Kier molecular flexibility index (Phi) is 5.26. The van der Waals surface area contributed by atoms with E-state index in [-0.39, 0.29) is 0 Å². The average Bonchev–Trinajstić information content (AvgIpc) is 3.54. The van der Waals surface area contributed by atoms with Crippen LogP contribution in [0.4, 0.5) is 5.69 Å². The molecule has 7 nitrogen and oxygen atoms in total. The lowest BCUT2D eigenvalue weighted by molar-refractivity contribution is 0.175. The molecule has 7 heteroatoms. The second kappa shape index (κ2) is 8.56. The van der Waals surface area contributed by atoms with Gasteiger partial charge in [-0.15, -0.1) is 0 Å².